The fourth-order valence-corrected chi connectivity index (χ4v) is 1.97. The zero-order valence-corrected chi connectivity index (χ0v) is 11.8. The van der Waals surface area contributed by atoms with Gasteiger partial charge in [0.2, 0.25) is 0 Å². The summed E-state index contributed by atoms with van der Waals surface area (Å²) in [6.45, 7) is 0.333. The number of anilines is 1. The summed E-state index contributed by atoms with van der Waals surface area (Å²) in [6.07, 6.45) is 0. The van der Waals surface area contributed by atoms with Gasteiger partial charge in [-0.1, -0.05) is 18.2 Å². The Hall–Kier alpha value is -2.76. The monoisotopic (exact) mass is 288 g/mol. The first-order chi connectivity index (χ1) is 10.2. The predicted octanol–water partition coefficient (Wildman–Crippen LogP) is 3.22. The fraction of sp³-hybridized carbons (Fsp3) is 0.200. The fourth-order valence-electron chi connectivity index (χ4n) is 1.97. The second-order valence-corrected chi connectivity index (χ2v) is 4.31. The second kappa shape index (κ2) is 6.60. The molecule has 110 valence electrons. The molecule has 2 aromatic rings. The van der Waals surface area contributed by atoms with Crippen molar-refractivity contribution in [1.82, 2.24) is 0 Å². The molecule has 0 aliphatic carbocycles. The first kappa shape index (κ1) is 14.6. The van der Waals surface area contributed by atoms with Crippen molar-refractivity contribution in [1.29, 1.82) is 0 Å². The quantitative estimate of drug-likeness (QED) is 0.652. The van der Waals surface area contributed by atoms with Gasteiger partial charge < -0.3 is 14.8 Å². The third kappa shape index (κ3) is 3.42. The molecule has 0 unspecified atom stereocenters. The maximum absolute atomic E-state index is 11.0. The van der Waals surface area contributed by atoms with Gasteiger partial charge in [0.25, 0.3) is 5.69 Å². The standard InChI is InChI=1S/C15H16N2O4/c1-20-12-7-8-13(15(9-12)21-2)16-10-11-5-3-4-6-14(11)17(18)19/h3-9,16H,10H2,1-2H3. The minimum atomic E-state index is -0.387. The Morgan fingerprint density at radius 2 is 1.90 bits per heavy atom. The average molecular weight is 288 g/mol. The molecule has 6 heteroatoms. The molecule has 0 amide bonds. The Morgan fingerprint density at radius 3 is 2.57 bits per heavy atom. The molecular weight excluding hydrogens is 272 g/mol. The Bertz CT molecular complexity index is 643. The first-order valence-corrected chi connectivity index (χ1v) is 6.34. The van der Waals surface area contributed by atoms with Crippen LogP contribution in [0.4, 0.5) is 11.4 Å². The van der Waals surface area contributed by atoms with E-state index in [2.05, 4.69) is 5.32 Å². The van der Waals surface area contributed by atoms with Crippen molar-refractivity contribution in [3.05, 3.63) is 58.1 Å². The molecule has 0 saturated carbocycles. The summed E-state index contributed by atoms with van der Waals surface area (Å²) >= 11 is 0. The highest BCUT2D eigenvalue weighted by atomic mass is 16.6. The van der Waals surface area contributed by atoms with E-state index in [0.29, 0.717) is 23.6 Å². The van der Waals surface area contributed by atoms with Crippen LogP contribution in [0.5, 0.6) is 11.5 Å². The molecule has 0 bridgehead atoms. The number of nitro benzene ring substituents is 1. The number of nitro groups is 1. The number of ether oxygens (including phenoxy) is 2. The molecule has 0 spiro atoms. The summed E-state index contributed by atoms with van der Waals surface area (Å²) in [5.41, 5.74) is 1.45. The van der Waals surface area contributed by atoms with E-state index in [-0.39, 0.29) is 10.6 Å². The van der Waals surface area contributed by atoms with Crippen LogP contribution in [0.15, 0.2) is 42.5 Å². The summed E-state index contributed by atoms with van der Waals surface area (Å²) in [6, 6.07) is 12.0. The van der Waals surface area contributed by atoms with Crippen molar-refractivity contribution in [2.24, 2.45) is 0 Å². The van der Waals surface area contributed by atoms with Gasteiger partial charge in [-0.15, -0.1) is 0 Å². The van der Waals surface area contributed by atoms with Gasteiger partial charge in [0.15, 0.2) is 0 Å². The van der Waals surface area contributed by atoms with Gasteiger partial charge in [0, 0.05) is 24.2 Å². The molecule has 0 fully saturated rings. The molecule has 1 N–H and O–H groups in total. The van der Waals surface area contributed by atoms with E-state index in [4.69, 9.17) is 9.47 Å². The maximum atomic E-state index is 11.0. The van der Waals surface area contributed by atoms with E-state index in [1.807, 2.05) is 6.07 Å². The van der Waals surface area contributed by atoms with Gasteiger partial charge >= 0.3 is 0 Å². The van der Waals surface area contributed by atoms with Crippen LogP contribution < -0.4 is 14.8 Å². The van der Waals surface area contributed by atoms with Gasteiger partial charge in [-0.05, 0) is 12.1 Å². The summed E-state index contributed by atoms with van der Waals surface area (Å²) in [5, 5.41) is 14.1. The van der Waals surface area contributed by atoms with E-state index in [0.717, 1.165) is 5.69 Å². The van der Waals surface area contributed by atoms with E-state index >= 15 is 0 Å². The predicted molar refractivity (Wildman–Crippen MR) is 80.0 cm³/mol. The average Bonchev–Trinajstić information content (AvgIpc) is 2.52. The lowest BCUT2D eigenvalue weighted by Crippen LogP contribution is -2.04. The van der Waals surface area contributed by atoms with Gasteiger partial charge in [-0.2, -0.15) is 0 Å². The molecule has 0 aromatic heterocycles. The van der Waals surface area contributed by atoms with Crippen LogP contribution in [0.25, 0.3) is 0 Å². The maximum Gasteiger partial charge on any atom is 0.274 e. The Labute approximate surface area is 122 Å². The van der Waals surface area contributed by atoms with Gasteiger partial charge in [0.05, 0.1) is 24.8 Å². The third-order valence-electron chi connectivity index (χ3n) is 3.07. The number of nitrogens with one attached hydrogen (secondary N) is 1. The molecule has 0 atom stereocenters. The normalized spacial score (nSPS) is 10.0. The summed E-state index contributed by atoms with van der Waals surface area (Å²) in [4.78, 5) is 10.6. The van der Waals surface area contributed by atoms with Crippen molar-refractivity contribution < 1.29 is 14.4 Å². The van der Waals surface area contributed by atoms with Crippen LogP contribution >= 0.6 is 0 Å². The van der Waals surface area contributed by atoms with E-state index < -0.39 is 0 Å². The zero-order valence-electron chi connectivity index (χ0n) is 11.8. The summed E-state index contributed by atoms with van der Waals surface area (Å²) < 4.78 is 10.4. The first-order valence-electron chi connectivity index (χ1n) is 6.34. The third-order valence-corrected chi connectivity index (χ3v) is 3.07. The van der Waals surface area contributed by atoms with Crippen LogP contribution in [0.3, 0.4) is 0 Å². The Morgan fingerprint density at radius 1 is 1.14 bits per heavy atom. The smallest absolute Gasteiger partial charge is 0.274 e. The number of rotatable bonds is 6. The Kier molecular flexibility index (Phi) is 4.61. The Balaban J connectivity index is 2.19. The molecule has 2 rings (SSSR count). The SMILES string of the molecule is COc1ccc(NCc2ccccc2[N+](=O)[O-])c(OC)c1. The molecule has 0 aliphatic heterocycles. The van der Waals surface area contributed by atoms with Crippen molar-refractivity contribution in [3.63, 3.8) is 0 Å². The molecule has 0 saturated heterocycles. The topological polar surface area (TPSA) is 73.6 Å². The highest BCUT2D eigenvalue weighted by Crippen LogP contribution is 2.30. The lowest BCUT2D eigenvalue weighted by atomic mass is 10.1. The van der Waals surface area contributed by atoms with Gasteiger partial charge in [-0.3, -0.25) is 10.1 Å². The number of hydrogen-bond acceptors (Lipinski definition) is 5. The molecule has 0 aliphatic rings. The summed E-state index contributed by atoms with van der Waals surface area (Å²) in [5.74, 6) is 1.30. The van der Waals surface area contributed by atoms with E-state index in [9.17, 15) is 10.1 Å². The highest BCUT2D eigenvalue weighted by molar-refractivity contribution is 5.59. The van der Waals surface area contributed by atoms with Crippen LogP contribution in [-0.4, -0.2) is 19.1 Å². The molecule has 6 nitrogen and oxygen atoms in total. The second-order valence-electron chi connectivity index (χ2n) is 4.31. The zero-order chi connectivity index (χ0) is 15.2. The van der Waals surface area contributed by atoms with Crippen LogP contribution in [0.2, 0.25) is 0 Å². The highest BCUT2D eigenvalue weighted by Gasteiger charge is 2.12. The number of methoxy groups -OCH3 is 2. The van der Waals surface area contributed by atoms with Gasteiger partial charge in [-0.25, -0.2) is 0 Å². The minimum absolute atomic E-state index is 0.0949. The summed E-state index contributed by atoms with van der Waals surface area (Å²) in [7, 11) is 3.14. The van der Waals surface area contributed by atoms with Crippen molar-refractivity contribution in [2.75, 3.05) is 19.5 Å². The number of para-hydroxylation sites is 1. The van der Waals surface area contributed by atoms with Crippen molar-refractivity contribution >= 4 is 11.4 Å². The molecule has 21 heavy (non-hydrogen) atoms. The van der Waals surface area contributed by atoms with Gasteiger partial charge in [0.1, 0.15) is 11.5 Å². The largest absolute Gasteiger partial charge is 0.497 e. The number of nitrogens with zero attached hydrogens (tertiary/aromatic N) is 1. The van der Waals surface area contributed by atoms with Crippen LogP contribution in [0, 0.1) is 10.1 Å². The molecule has 0 heterocycles. The number of hydrogen-bond donors (Lipinski definition) is 1. The minimum Gasteiger partial charge on any atom is -0.497 e. The van der Waals surface area contributed by atoms with E-state index in [1.165, 1.54) is 6.07 Å². The van der Waals surface area contributed by atoms with E-state index in [1.54, 1.807) is 44.6 Å². The number of benzene rings is 2. The molecular formula is C15H16N2O4. The molecule has 2 aromatic carbocycles. The lowest BCUT2D eigenvalue weighted by molar-refractivity contribution is -0.385. The lowest BCUT2D eigenvalue weighted by Gasteiger charge is -2.12. The van der Waals surface area contributed by atoms with Crippen molar-refractivity contribution in [3.8, 4) is 11.5 Å². The van der Waals surface area contributed by atoms with Crippen molar-refractivity contribution in [2.45, 2.75) is 6.54 Å². The van der Waals surface area contributed by atoms with Crippen LogP contribution in [0.1, 0.15) is 5.56 Å². The molecule has 0 radical (unpaired) electrons. The van der Waals surface area contributed by atoms with Crippen LogP contribution in [-0.2, 0) is 6.54 Å².